The van der Waals surface area contributed by atoms with Gasteiger partial charge in [0.15, 0.2) is 12.6 Å². The Balaban J connectivity index is 2.55. The Morgan fingerprint density at radius 1 is 1.15 bits per heavy atom. The maximum Gasteiger partial charge on any atom is 0.411 e. The van der Waals surface area contributed by atoms with Gasteiger partial charge in [-0.2, -0.15) is 0 Å². The summed E-state index contributed by atoms with van der Waals surface area (Å²) in [5.74, 6) is 0. The molecule has 2 rings (SSSR count). The Bertz CT molecular complexity index is 679. The van der Waals surface area contributed by atoms with Crippen LogP contribution in [0.25, 0.3) is 10.8 Å². The molecule has 0 aromatic heterocycles. The molecule has 1 amide bonds. The molecular formula is C15H13NO4. The van der Waals surface area contributed by atoms with Crippen LogP contribution in [0.3, 0.4) is 0 Å². The fourth-order valence-electron chi connectivity index (χ4n) is 2.02. The molecule has 0 saturated carbocycles. The topological polar surface area (TPSA) is 72.5 Å². The van der Waals surface area contributed by atoms with Crippen LogP contribution in [0.4, 0.5) is 10.5 Å². The van der Waals surface area contributed by atoms with Crippen molar-refractivity contribution in [1.82, 2.24) is 0 Å². The second-order valence-electron chi connectivity index (χ2n) is 4.05. The zero-order valence-corrected chi connectivity index (χ0v) is 10.9. The number of aldehydes is 2. The van der Waals surface area contributed by atoms with Crippen LogP contribution in [0.15, 0.2) is 30.3 Å². The minimum atomic E-state index is -0.624. The number of nitrogens with one attached hydrogen (secondary N) is 1. The molecule has 0 saturated heterocycles. The Kier molecular flexibility index (Phi) is 4.10. The van der Waals surface area contributed by atoms with Crippen molar-refractivity contribution < 1.29 is 19.1 Å². The highest BCUT2D eigenvalue weighted by atomic mass is 16.5. The van der Waals surface area contributed by atoms with Crippen LogP contribution in [0.2, 0.25) is 0 Å². The number of carbonyl (C=O) groups is 3. The predicted molar refractivity (Wildman–Crippen MR) is 75.4 cm³/mol. The van der Waals surface area contributed by atoms with E-state index in [1.54, 1.807) is 37.3 Å². The van der Waals surface area contributed by atoms with Gasteiger partial charge in [-0.05, 0) is 23.8 Å². The minimum Gasteiger partial charge on any atom is -0.450 e. The molecule has 5 nitrogen and oxygen atoms in total. The van der Waals surface area contributed by atoms with E-state index in [4.69, 9.17) is 4.74 Å². The molecule has 5 heteroatoms. The van der Waals surface area contributed by atoms with Gasteiger partial charge in [0.25, 0.3) is 0 Å². The summed E-state index contributed by atoms with van der Waals surface area (Å²) in [6.45, 7) is 1.93. The first-order valence-corrected chi connectivity index (χ1v) is 6.11. The summed E-state index contributed by atoms with van der Waals surface area (Å²) in [6, 6.07) is 8.35. The molecule has 102 valence electrons. The van der Waals surface area contributed by atoms with Crippen molar-refractivity contribution in [3.8, 4) is 0 Å². The fraction of sp³-hybridized carbons (Fsp3) is 0.133. The van der Waals surface area contributed by atoms with Crippen LogP contribution in [0.1, 0.15) is 27.6 Å². The highest BCUT2D eigenvalue weighted by Crippen LogP contribution is 2.27. The van der Waals surface area contributed by atoms with E-state index in [0.717, 1.165) is 6.29 Å². The predicted octanol–water partition coefficient (Wildman–Crippen LogP) is 3.03. The smallest absolute Gasteiger partial charge is 0.411 e. The third-order valence-corrected chi connectivity index (χ3v) is 2.89. The average molecular weight is 271 g/mol. The number of hydrogen-bond donors (Lipinski definition) is 1. The van der Waals surface area contributed by atoms with Gasteiger partial charge >= 0.3 is 6.09 Å². The molecule has 0 atom stereocenters. The van der Waals surface area contributed by atoms with Gasteiger partial charge in [-0.3, -0.25) is 14.9 Å². The second-order valence-corrected chi connectivity index (χ2v) is 4.05. The lowest BCUT2D eigenvalue weighted by molar-refractivity contribution is 0.111. The van der Waals surface area contributed by atoms with Gasteiger partial charge in [-0.1, -0.05) is 24.3 Å². The third-order valence-electron chi connectivity index (χ3n) is 2.89. The van der Waals surface area contributed by atoms with Gasteiger partial charge in [-0.25, -0.2) is 4.79 Å². The van der Waals surface area contributed by atoms with Crippen molar-refractivity contribution in [2.24, 2.45) is 0 Å². The number of hydrogen-bond acceptors (Lipinski definition) is 4. The quantitative estimate of drug-likeness (QED) is 0.867. The normalized spacial score (nSPS) is 10.1. The number of rotatable bonds is 4. The summed E-state index contributed by atoms with van der Waals surface area (Å²) in [5, 5.41) is 3.79. The summed E-state index contributed by atoms with van der Waals surface area (Å²) in [6.07, 6.45) is 0.759. The van der Waals surface area contributed by atoms with Crippen LogP contribution in [-0.4, -0.2) is 25.3 Å². The van der Waals surface area contributed by atoms with Crippen LogP contribution >= 0.6 is 0 Å². The van der Waals surface area contributed by atoms with Gasteiger partial charge in [0.1, 0.15) is 0 Å². The molecule has 0 aliphatic rings. The largest absolute Gasteiger partial charge is 0.450 e. The van der Waals surface area contributed by atoms with Gasteiger partial charge < -0.3 is 4.74 Å². The van der Waals surface area contributed by atoms with Crippen molar-refractivity contribution >= 4 is 35.1 Å². The Labute approximate surface area is 115 Å². The van der Waals surface area contributed by atoms with Gasteiger partial charge in [-0.15, -0.1) is 0 Å². The number of amides is 1. The first-order valence-electron chi connectivity index (χ1n) is 6.11. The number of fused-ring (bicyclic) bond motifs is 1. The van der Waals surface area contributed by atoms with E-state index in [0.29, 0.717) is 33.9 Å². The number of benzene rings is 2. The van der Waals surface area contributed by atoms with Crippen molar-refractivity contribution in [3.05, 3.63) is 41.5 Å². The van der Waals surface area contributed by atoms with Crippen molar-refractivity contribution in [1.29, 1.82) is 0 Å². The Morgan fingerprint density at radius 3 is 2.60 bits per heavy atom. The second kappa shape index (κ2) is 5.97. The van der Waals surface area contributed by atoms with E-state index in [-0.39, 0.29) is 6.61 Å². The molecule has 0 radical (unpaired) electrons. The molecule has 0 unspecified atom stereocenters. The molecule has 2 aromatic rings. The SMILES string of the molecule is CCOC(=O)Nc1ccc2c(C=O)cccc2c1C=O. The first kappa shape index (κ1) is 13.7. The van der Waals surface area contributed by atoms with E-state index < -0.39 is 6.09 Å². The van der Waals surface area contributed by atoms with Crippen LogP contribution in [-0.2, 0) is 4.74 Å². The molecule has 2 aromatic carbocycles. The van der Waals surface area contributed by atoms with Crippen LogP contribution in [0.5, 0.6) is 0 Å². The fourth-order valence-corrected chi connectivity index (χ4v) is 2.02. The number of ether oxygens (including phenoxy) is 1. The van der Waals surface area contributed by atoms with Crippen molar-refractivity contribution in [3.63, 3.8) is 0 Å². The van der Waals surface area contributed by atoms with Gasteiger partial charge in [0, 0.05) is 11.1 Å². The molecule has 0 fully saturated rings. The Hall–Kier alpha value is -2.69. The summed E-state index contributed by atoms with van der Waals surface area (Å²) in [7, 11) is 0. The molecule has 20 heavy (non-hydrogen) atoms. The summed E-state index contributed by atoms with van der Waals surface area (Å²) in [4.78, 5) is 33.7. The van der Waals surface area contributed by atoms with Crippen molar-refractivity contribution in [2.45, 2.75) is 6.92 Å². The molecule has 0 aliphatic carbocycles. The molecule has 0 aliphatic heterocycles. The summed E-state index contributed by atoms with van der Waals surface area (Å²) >= 11 is 0. The zero-order chi connectivity index (χ0) is 14.5. The lowest BCUT2D eigenvalue weighted by atomic mass is 10.00. The summed E-state index contributed by atoms with van der Waals surface area (Å²) < 4.78 is 4.78. The van der Waals surface area contributed by atoms with E-state index in [1.165, 1.54) is 0 Å². The highest BCUT2D eigenvalue weighted by molar-refractivity contribution is 6.09. The minimum absolute atomic E-state index is 0.241. The molecule has 0 heterocycles. The van der Waals surface area contributed by atoms with E-state index >= 15 is 0 Å². The van der Waals surface area contributed by atoms with Crippen LogP contribution in [0, 0.1) is 0 Å². The van der Waals surface area contributed by atoms with Crippen LogP contribution < -0.4 is 5.32 Å². The maximum absolute atomic E-state index is 11.4. The zero-order valence-electron chi connectivity index (χ0n) is 10.9. The lowest BCUT2D eigenvalue weighted by Crippen LogP contribution is -2.14. The highest BCUT2D eigenvalue weighted by Gasteiger charge is 2.11. The van der Waals surface area contributed by atoms with E-state index in [1.807, 2.05) is 0 Å². The van der Waals surface area contributed by atoms with Gasteiger partial charge in [0.2, 0.25) is 0 Å². The molecule has 1 N–H and O–H groups in total. The molecule has 0 bridgehead atoms. The molecule has 0 spiro atoms. The number of carbonyl (C=O) groups excluding carboxylic acids is 3. The standard InChI is InChI=1S/C15H13NO4/c1-2-20-15(19)16-14-7-6-11-10(8-17)4-3-5-12(11)13(14)9-18/h3-9H,2H2,1H3,(H,16,19). The van der Waals surface area contributed by atoms with Gasteiger partial charge in [0.05, 0.1) is 12.3 Å². The lowest BCUT2D eigenvalue weighted by Gasteiger charge is -2.11. The monoisotopic (exact) mass is 271 g/mol. The average Bonchev–Trinajstić information content (AvgIpc) is 2.46. The van der Waals surface area contributed by atoms with E-state index in [9.17, 15) is 14.4 Å². The maximum atomic E-state index is 11.4. The summed E-state index contributed by atoms with van der Waals surface area (Å²) in [5.41, 5.74) is 1.17. The Morgan fingerprint density at radius 2 is 1.95 bits per heavy atom. The molecular weight excluding hydrogens is 258 g/mol. The van der Waals surface area contributed by atoms with Crippen molar-refractivity contribution in [2.75, 3.05) is 11.9 Å². The number of anilines is 1. The van der Waals surface area contributed by atoms with E-state index in [2.05, 4.69) is 5.32 Å². The first-order chi connectivity index (χ1) is 9.71. The third kappa shape index (κ3) is 2.51.